The Labute approximate surface area is 120 Å². The maximum atomic E-state index is 11.1. The largest absolute Gasteiger partial charge is 0.350 e. The van der Waals surface area contributed by atoms with Gasteiger partial charge in [-0.3, -0.25) is 10.1 Å². The molecule has 106 valence electrons. The van der Waals surface area contributed by atoms with E-state index >= 15 is 0 Å². The Bertz CT molecular complexity index is 592. The molecule has 2 heterocycles. The molecule has 0 bridgehead atoms. The summed E-state index contributed by atoms with van der Waals surface area (Å²) in [5, 5.41) is 27.4. The van der Waals surface area contributed by atoms with Crippen LogP contribution in [0.4, 0.5) is 11.4 Å². The van der Waals surface area contributed by atoms with Crippen molar-refractivity contribution < 1.29 is 14.7 Å². The average molecular weight is 298 g/mol. The highest BCUT2D eigenvalue weighted by Gasteiger charge is 2.47. The standard InChI is InChI=1S/C12H14ClN4O3/c13-8-4-5-9(11(7-8)17(19)20)16-12(18)10-3-1-2-6-15(10)14-16/h4-5,7,10,12,18H,1-3,6H2/q+1. The van der Waals surface area contributed by atoms with E-state index < -0.39 is 11.2 Å². The highest BCUT2D eigenvalue weighted by Crippen LogP contribution is 2.36. The Morgan fingerprint density at radius 3 is 3.00 bits per heavy atom. The van der Waals surface area contributed by atoms with E-state index in [0.717, 1.165) is 25.8 Å². The first-order valence-electron chi connectivity index (χ1n) is 6.47. The average Bonchev–Trinajstić information content (AvgIpc) is 2.76. The number of aliphatic hydroxyl groups excluding tert-OH is 1. The van der Waals surface area contributed by atoms with E-state index in [1.165, 1.54) is 17.1 Å². The van der Waals surface area contributed by atoms with E-state index in [4.69, 9.17) is 11.6 Å². The summed E-state index contributed by atoms with van der Waals surface area (Å²) in [5.74, 6) is 0. The number of fused-ring (bicyclic) bond motifs is 1. The smallest absolute Gasteiger partial charge is 0.319 e. The van der Waals surface area contributed by atoms with Crippen LogP contribution in [0.25, 0.3) is 0 Å². The minimum Gasteiger partial charge on any atom is -0.350 e. The van der Waals surface area contributed by atoms with Gasteiger partial charge < -0.3 is 5.11 Å². The fourth-order valence-electron chi connectivity index (χ4n) is 2.72. The third kappa shape index (κ3) is 2.12. The number of nitro groups is 1. The van der Waals surface area contributed by atoms with Crippen molar-refractivity contribution >= 4 is 23.0 Å². The van der Waals surface area contributed by atoms with Crippen LogP contribution in [0.1, 0.15) is 19.3 Å². The Hall–Kier alpha value is -1.73. The number of rotatable bonds is 2. The highest BCUT2D eigenvalue weighted by molar-refractivity contribution is 6.30. The first-order chi connectivity index (χ1) is 9.58. The number of halogens is 1. The zero-order valence-electron chi connectivity index (χ0n) is 10.6. The van der Waals surface area contributed by atoms with Gasteiger partial charge in [0.1, 0.15) is 6.54 Å². The van der Waals surface area contributed by atoms with Crippen LogP contribution in [0.5, 0.6) is 0 Å². The molecule has 0 saturated carbocycles. The van der Waals surface area contributed by atoms with Crippen molar-refractivity contribution in [2.45, 2.75) is 31.5 Å². The van der Waals surface area contributed by atoms with E-state index in [9.17, 15) is 15.2 Å². The molecule has 0 radical (unpaired) electrons. The van der Waals surface area contributed by atoms with Crippen molar-refractivity contribution in [3.8, 4) is 0 Å². The highest BCUT2D eigenvalue weighted by atomic mass is 35.5. The number of hydrogen-bond acceptors (Lipinski definition) is 5. The fraction of sp³-hybridized carbons (Fsp3) is 0.500. The Kier molecular flexibility index (Phi) is 3.31. The molecule has 2 unspecified atom stereocenters. The van der Waals surface area contributed by atoms with E-state index in [1.54, 1.807) is 6.07 Å². The quantitative estimate of drug-likeness (QED) is 0.516. The summed E-state index contributed by atoms with van der Waals surface area (Å²) in [6.07, 6.45) is 2.02. The summed E-state index contributed by atoms with van der Waals surface area (Å²) in [6.45, 7) is 0.764. The van der Waals surface area contributed by atoms with E-state index in [1.807, 2.05) is 4.70 Å². The Morgan fingerprint density at radius 2 is 2.30 bits per heavy atom. The molecule has 2 aliphatic rings. The maximum absolute atomic E-state index is 11.1. The molecular weight excluding hydrogens is 284 g/mol. The second-order valence-corrected chi connectivity index (χ2v) is 5.40. The fourth-order valence-corrected chi connectivity index (χ4v) is 2.89. The topological polar surface area (TPSA) is 82.0 Å². The van der Waals surface area contributed by atoms with Crippen LogP contribution in [0.3, 0.4) is 0 Å². The molecule has 8 heteroatoms. The lowest BCUT2D eigenvalue weighted by atomic mass is 10.0. The van der Waals surface area contributed by atoms with Crippen LogP contribution in [-0.4, -0.2) is 33.5 Å². The molecule has 3 rings (SSSR count). The minimum atomic E-state index is -0.866. The van der Waals surface area contributed by atoms with Crippen molar-refractivity contribution in [3.63, 3.8) is 0 Å². The van der Waals surface area contributed by atoms with Gasteiger partial charge in [0, 0.05) is 11.1 Å². The predicted octanol–water partition coefficient (Wildman–Crippen LogP) is 2.32. The van der Waals surface area contributed by atoms with Gasteiger partial charge in [0.2, 0.25) is 5.69 Å². The van der Waals surface area contributed by atoms with E-state index in [2.05, 4.69) is 5.22 Å². The molecule has 0 aliphatic carbocycles. The molecule has 1 aromatic carbocycles. The zero-order valence-corrected chi connectivity index (χ0v) is 11.4. The summed E-state index contributed by atoms with van der Waals surface area (Å²) in [5.41, 5.74) is 0.112. The van der Waals surface area contributed by atoms with Gasteiger partial charge in [-0.15, -0.1) is 0 Å². The van der Waals surface area contributed by atoms with Crippen LogP contribution in [0, 0.1) is 10.1 Å². The van der Waals surface area contributed by atoms with Gasteiger partial charge in [-0.05, 0) is 31.4 Å². The van der Waals surface area contributed by atoms with Gasteiger partial charge in [0.15, 0.2) is 6.04 Å². The van der Waals surface area contributed by atoms with Gasteiger partial charge in [-0.2, -0.15) is 4.70 Å². The maximum Gasteiger partial charge on any atom is 0.319 e. The number of nitro benzene ring substituents is 1. The zero-order chi connectivity index (χ0) is 14.3. The lowest BCUT2D eigenvalue weighted by Crippen LogP contribution is -2.40. The third-order valence-corrected chi connectivity index (χ3v) is 3.94. The minimum absolute atomic E-state index is 0.0981. The molecule has 0 amide bonds. The summed E-state index contributed by atoms with van der Waals surface area (Å²) in [7, 11) is 0. The normalized spacial score (nSPS) is 25.3. The molecule has 1 fully saturated rings. The predicted molar refractivity (Wildman–Crippen MR) is 71.8 cm³/mol. The summed E-state index contributed by atoms with van der Waals surface area (Å²) < 4.78 is 1.81. The summed E-state index contributed by atoms with van der Waals surface area (Å²) >= 11 is 5.80. The molecular formula is C12H14ClN4O3+. The van der Waals surface area contributed by atoms with Crippen LogP contribution >= 0.6 is 11.6 Å². The molecule has 1 N–H and O–H groups in total. The van der Waals surface area contributed by atoms with E-state index in [-0.39, 0.29) is 22.4 Å². The monoisotopic (exact) mass is 297 g/mol. The number of hydrogen-bond donors (Lipinski definition) is 1. The van der Waals surface area contributed by atoms with Crippen LogP contribution < -0.4 is 5.01 Å². The molecule has 0 aromatic heterocycles. The third-order valence-electron chi connectivity index (χ3n) is 3.71. The lowest BCUT2D eigenvalue weighted by molar-refractivity contribution is -0.628. The van der Waals surface area contributed by atoms with Gasteiger partial charge in [0.25, 0.3) is 6.23 Å². The summed E-state index contributed by atoms with van der Waals surface area (Å²) in [6, 6.07) is 4.25. The Balaban J connectivity index is 2.01. The second kappa shape index (κ2) is 4.99. The number of nitrogens with zero attached hydrogens (tertiary/aromatic N) is 4. The molecule has 1 aromatic rings. The molecule has 0 spiro atoms. The summed E-state index contributed by atoms with van der Waals surface area (Å²) in [4.78, 5) is 10.6. The molecule has 7 nitrogen and oxygen atoms in total. The SMILES string of the molecule is O=[N+]([O-])c1cc(Cl)ccc1N1N=[N+]2CCCCC2C1O. The number of piperidine rings is 1. The van der Waals surface area contributed by atoms with Crippen LogP contribution in [0.2, 0.25) is 5.02 Å². The van der Waals surface area contributed by atoms with Gasteiger partial charge >= 0.3 is 5.69 Å². The van der Waals surface area contributed by atoms with Gasteiger partial charge in [0.05, 0.1) is 10.1 Å². The van der Waals surface area contributed by atoms with Crippen molar-refractivity contribution in [3.05, 3.63) is 33.3 Å². The molecule has 1 saturated heterocycles. The first-order valence-corrected chi connectivity index (χ1v) is 6.85. The first kappa shape index (κ1) is 13.3. The Morgan fingerprint density at radius 1 is 1.50 bits per heavy atom. The van der Waals surface area contributed by atoms with Crippen molar-refractivity contribution in [2.24, 2.45) is 5.22 Å². The lowest BCUT2D eigenvalue weighted by Gasteiger charge is -2.18. The number of aliphatic hydroxyl groups is 1. The van der Waals surface area contributed by atoms with Gasteiger partial charge in [-0.1, -0.05) is 16.6 Å². The molecule has 2 atom stereocenters. The van der Waals surface area contributed by atoms with Crippen LogP contribution in [-0.2, 0) is 0 Å². The number of anilines is 1. The van der Waals surface area contributed by atoms with Crippen LogP contribution in [0.15, 0.2) is 23.4 Å². The van der Waals surface area contributed by atoms with Crippen molar-refractivity contribution in [1.82, 2.24) is 0 Å². The van der Waals surface area contributed by atoms with Gasteiger partial charge in [-0.25, -0.2) is 0 Å². The van der Waals surface area contributed by atoms with E-state index in [0.29, 0.717) is 0 Å². The van der Waals surface area contributed by atoms with Crippen molar-refractivity contribution in [1.29, 1.82) is 0 Å². The molecule has 2 aliphatic heterocycles. The molecule has 20 heavy (non-hydrogen) atoms. The van der Waals surface area contributed by atoms with Crippen molar-refractivity contribution in [2.75, 3.05) is 11.6 Å². The second-order valence-electron chi connectivity index (χ2n) is 4.96. The number of benzene rings is 1.